The van der Waals surface area contributed by atoms with E-state index in [0.717, 1.165) is 10.4 Å². The van der Waals surface area contributed by atoms with Gasteiger partial charge in [0.2, 0.25) is 5.91 Å². The van der Waals surface area contributed by atoms with E-state index in [1.54, 1.807) is 11.0 Å². The molecule has 3 rings (SSSR count). The number of nitrogens with zero attached hydrogens (tertiary/aromatic N) is 1. The lowest BCUT2D eigenvalue weighted by Gasteiger charge is -2.20. The lowest BCUT2D eigenvalue weighted by Crippen LogP contribution is -2.34. The topological polar surface area (TPSA) is 54.5 Å². The Kier molecular flexibility index (Phi) is 5.27. The Morgan fingerprint density at radius 2 is 2.00 bits per heavy atom. The van der Waals surface area contributed by atoms with Crippen LogP contribution in [0, 0.1) is 0 Å². The molecule has 4 nitrogen and oxygen atoms in total. The highest BCUT2D eigenvalue weighted by atomic mass is 35.5. The van der Waals surface area contributed by atoms with Gasteiger partial charge in [0, 0.05) is 23.0 Å². The number of carbonyl (C=O) groups is 1. The monoisotopic (exact) mass is 383 g/mol. The van der Waals surface area contributed by atoms with Crippen LogP contribution in [0.5, 0.6) is 0 Å². The summed E-state index contributed by atoms with van der Waals surface area (Å²) in [5.74, 6) is -0.0748. The molecule has 1 fully saturated rings. The van der Waals surface area contributed by atoms with Gasteiger partial charge in [-0.3, -0.25) is 4.79 Å². The number of rotatable bonds is 3. The smallest absolute Gasteiger partial charge is 0.227 e. The molecule has 1 aliphatic heterocycles. The van der Waals surface area contributed by atoms with Gasteiger partial charge in [-0.15, -0.1) is 11.3 Å². The van der Waals surface area contributed by atoms with Crippen molar-refractivity contribution in [3.63, 3.8) is 0 Å². The minimum Gasteiger partial charge on any atom is -0.341 e. The third-order valence-electron chi connectivity index (χ3n) is 4.25. The fourth-order valence-corrected chi connectivity index (χ4v) is 6.11. The quantitative estimate of drug-likeness (QED) is 0.816. The molecule has 1 aromatic carbocycles. The Bertz CT molecular complexity index is 818. The summed E-state index contributed by atoms with van der Waals surface area (Å²) in [6, 6.07) is 11.0. The molecule has 1 saturated heterocycles. The highest BCUT2D eigenvalue weighted by Gasteiger charge is 2.33. The van der Waals surface area contributed by atoms with Crippen molar-refractivity contribution in [3.8, 4) is 0 Å². The van der Waals surface area contributed by atoms with Gasteiger partial charge in [-0.25, -0.2) is 8.42 Å². The van der Waals surface area contributed by atoms with E-state index in [2.05, 4.69) is 0 Å². The standard InChI is InChI=1S/C17H18ClNO3S2/c18-14-5-2-1-4-13(14)12-17(20)19-8-7-16(15-6-3-10-23-15)24(21,22)11-9-19/h1-6,10,16H,7-9,11-12H2. The van der Waals surface area contributed by atoms with Crippen molar-refractivity contribution >= 4 is 38.7 Å². The number of hydrogen-bond acceptors (Lipinski definition) is 4. The van der Waals surface area contributed by atoms with Crippen LogP contribution in [-0.2, 0) is 21.1 Å². The number of sulfone groups is 1. The lowest BCUT2D eigenvalue weighted by molar-refractivity contribution is -0.130. The third kappa shape index (κ3) is 3.82. The average molecular weight is 384 g/mol. The molecule has 24 heavy (non-hydrogen) atoms. The van der Waals surface area contributed by atoms with Gasteiger partial charge < -0.3 is 4.90 Å². The maximum absolute atomic E-state index is 12.6. The van der Waals surface area contributed by atoms with Crippen molar-refractivity contribution in [1.29, 1.82) is 0 Å². The zero-order valence-electron chi connectivity index (χ0n) is 13.0. The van der Waals surface area contributed by atoms with Gasteiger partial charge in [-0.2, -0.15) is 0 Å². The molecule has 1 unspecified atom stereocenters. The molecular weight excluding hydrogens is 366 g/mol. The Hall–Kier alpha value is -1.37. The maximum Gasteiger partial charge on any atom is 0.227 e. The predicted octanol–water partition coefficient (Wildman–Crippen LogP) is 3.33. The van der Waals surface area contributed by atoms with E-state index in [1.807, 2.05) is 35.7 Å². The molecule has 0 radical (unpaired) electrons. The van der Waals surface area contributed by atoms with Gasteiger partial charge in [0.15, 0.2) is 9.84 Å². The summed E-state index contributed by atoms with van der Waals surface area (Å²) < 4.78 is 25.1. The molecule has 0 bridgehead atoms. The van der Waals surface area contributed by atoms with Gasteiger partial charge in [0.05, 0.1) is 17.4 Å². The van der Waals surface area contributed by atoms with Crippen molar-refractivity contribution in [3.05, 3.63) is 57.2 Å². The van der Waals surface area contributed by atoms with Crippen LogP contribution < -0.4 is 0 Å². The van der Waals surface area contributed by atoms with Crippen LogP contribution in [-0.4, -0.2) is 38.1 Å². The molecule has 2 heterocycles. The number of halogens is 1. The van der Waals surface area contributed by atoms with E-state index in [-0.39, 0.29) is 24.6 Å². The third-order valence-corrected chi connectivity index (χ3v) is 7.87. The summed E-state index contributed by atoms with van der Waals surface area (Å²) in [5, 5.41) is 1.94. The van der Waals surface area contributed by atoms with E-state index in [0.29, 0.717) is 18.0 Å². The van der Waals surface area contributed by atoms with Crippen molar-refractivity contribution in [2.24, 2.45) is 0 Å². The molecule has 0 N–H and O–H groups in total. The Labute approximate surface area is 151 Å². The Morgan fingerprint density at radius 1 is 1.21 bits per heavy atom. The highest BCUT2D eigenvalue weighted by Crippen LogP contribution is 2.32. The normalized spacial score (nSPS) is 20.5. The van der Waals surface area contributed by atoms with Crippen LogP contribution in [0.4, 0.5) is 0 Å². The van der Waals surface area contributed by atoms with E-state index < -0.39 is 15.1 Å². The largest absolute Gasteiger partial charge is 0.341 e. The minimum absolute atomic E-state index is 0.00380. The summed E-state index contributed by atoms with van der Waals surface area (Å²) in [7, 11) is -3.24. The fourth-order valence-electron chi connectivity index (χ4n) is 2.90. The van der Waals surface area contributed by atoms with E-state index in [4.69, 9.17) is 11.6 Å². The number of hydrogen-bond donors (Lipinski definition) is 0. The maximum atomic E-state index is 12.6. The first kappa shape index (κ1) is 17.5. The number of benzene rings is 1. The van der Waals surface area contributed by atoms with E-state index >= 15 is 0 Å². The molecule has 0 spiro atoms. The predicted molar refractivity (Wildman–Crippen MR) is 97.2 cm³/mol. The van der Waals surface area contributed by atoms with Crippen molar-refractivity contribution in [2.45, 2.75) is 18.1 Å². The second kappa shape index (κ2) is 7.25. The first-order valence-corrected chi connectivity index (χ1v) is 10.7. The first-order valence-electron chi connectivity index (χ1n) is 7.73. The molecular formula is C17H18ClNO3S2. The number of carbonyl (C=O) groups excluding carboxylic acids is 1. The van der Waals surface area contributed by atoms with Crippen LogP contribution in [0.3, 0.4) is 0 Å². The second-order valence-corrected chi connectivity index (χ2v) is 9.50. The first-order chi connectivity index (χ1) is 11.5. The van der Waals surface area contributed by atoms with E-state index in [9.17, 15) is 13.2 Å². The molecule has 1 aliphatic rings. The summed E-state index contributed by atoms with van der Waals surface area (Å²) in [6.45, 7) is 0.693. The molecule has 0 saturated carbocycles. The minimum atomic E-state index is -3.24. The van der Waals surface area contributed by atoms with Crippen LogP contribution in [0.2, 0.25) is 5.02 Å². The average Bonchev–Trinajstić information content (AvgIpc) is 3.01. The van der Waals surface area contributed by atoms with Gasteiger partial charge >= 0.3 is 0 Å². The molecule has 1 aromatic heterocycles. The van der Waals surface area contributed by atoms with Gasteiger partial charge in [0.25, 0.3) is 0 Å². The van der Waals surface area contributed by atoms with Gasteiger partial charge in [-0.1, -0.05) is 35.9 Å². The van der Waals surface area contributed by atoms with Gasteiger partial charge in [0.1, 0.15) is 0 Å². The second-order valence-electron chi connectivity index (χ2n) is 5.81. The number of amides is 1. The zero-order valence-corrected chi connectivity index (χ0v) is 15.4. The van der Waals surface area contributed by atoms with Crippen LogP contribution in [0.1, 0.15) is 22.1 Å². The Balaban J connectivity index is 1.73. The molecule has 2 aromatic rings. The summed E-state index contributed by atoms with van der Waals surface area (Å²) in [5.41, 5.74) is 0.770. The molecule has 7 heteroatoms. The Morgan fingerprint density at radius 3 is 2.71 bits per heavy atom. The van der Waals surface area contributed by atoms with Crippen LogP contribution in [0.15, 0.2) is 41.8 Å². The lowest BCUT2D eigenvalue weighted by atomic mass is 10.1. The van der Waals surface area contributed by atoms with E-state index in [1.165, 1.54) is 11.3 Å². The number of thiophene rings is 1. The summed E-state index contributed by atoms with van der Waals surface area (Å²) >= 11 is 7.57. The van der Waals surface area contributed by atoms with Crippen molar-refractivity contribution in [2.75, 3.05) is 18.8 Å². The molecule has 0 aliphatic carbocycles. The molecule has 1 atom stereocenters. The van der Waals surface area contributed by atoms with Crippen molar-refractivity contribution in [1.82, 2.24) is 4.90 Å². The van der Waals surface area contributed by atoms with Crippen molar-refractivity contribution < 1.29 is 13.2 Å². The fraction of sp³-hybridized carbons (Fsp3) is 0.353. The zero-order chi connectivity index (χ0) is 17.2. The highest BCUT2D eigenvalue weighted by molar-refractivity contribution is 7.91. The van der Waals surface area contributed by atoms with Crippen LogP contribution in [0.25, 0.3) is 0 Å². The SMILES string of the molecule is O=C(Cc1ccccc1Cl)N1CCC(c2cccs2)S(=O)(=O)CC1. The van der Waals surface area contributed by atoms with Gasteiger partial charge in [-0.05, 0) is 29.5 Å². The molecule has 1 amide bonds. The summed E-state index contributed by atoms with van der Waals surface area (Å²) in [6.07, 6.45) is 0.639. The molecule has 128 valence electrons. The summed E-state index contributed by atoms with van der Waals surface area (Å²) in [4.78, 5) is 15.1. The van der Waals surface area contributed by atoms with Crippen LogP contribution >= 0.6 is 22.9 Å².